The molecule has 0 saturated carbocycles. The highest BCUT2D eigenvalue weighted by Gasteiger charge is 2.26. The molecule has 7 nitrogen and oxygen atoms in total. The van der Waals surface area contributed by atoms with Crippen molar-refractivity contribution in [2.45, 2.75) is 20.5 Å². The number of urea groups is 1. The molecule has 3 amide bonds. The summed E-state index contributed by atoms with van der Waals surface area (Å²) in [6.07, 6.45) is 0. The Morgan fingerprint density at radius 2 is 1.57 bits per heavy atom. The van der Waals surface area contributed by atoms with E-state index in [0.717, 1.165) is 16.7 Å². The van der Waals surface area contributed by atoms with E-state index in [4.69, 9.17) is 9.47 Å². The number of hydrogen-bond acceptors (Lipinski definition) is 4. The average Bonchev–Trinajstić information content (AvgIpc) is 2.89. The topological polar surface area (TPSA) is 71.1 Å². The number of methoxy groups -OCH3 is 1. The number of ether oxygens (including phenoxy) is 2. The molecule has 1 saturated heterocycles. The summed E-state index contributed by atoms with van der Waals surface area (Å²) in [4.78, 5) is 29.5. The van der Waals surface area contributed by atoms with Crippen molar-refractivity contribution in [1.82, 2.24) is 9.80 Å². The van der Waals surface area contributed by atoms with Crippen LogP contribution in [0.1, 0.15) is 27.0 Å². The Morgan fingerprint density at radius 1 is 0.857 bits per heavy atom. The molecule has 0 spiro atoms. The summed E-state index contributed by atoms with van der Waals surface area (Å²) in [6, 6.07) is 20.9. The molecular weight excluding hydrogens is 442 g/mol. The summed E-state index contributed by atoms with van der Waals surface area (Å²) >= 11 is 0. The molecule has 7 heteroatoms. The maximum Gasteiger partial charge on any atom is 0.322 e. The van der Waals surface area contributed by atoms with Crippen LogP contribution in [0.25, 0.3) is 0 Å². The highest BCUT2D eigenvalue weighted by Crippen LogP contribution is 2.30. The lowest BCUT2D eigenvalue weighted by molar-refractivity contribution is 0.0671. The number of amides is 3. The second-order valence-electron chi connectivity index (χ2n) is 8.62. The summed E-state index contributed by atoms with van der Waals surface area (Å²) in [7, 11) is 1.60. The molecule has 0 aromatic heterocycles. The first-order valence-corrected chi connectivity index (χ1v) is 11.7. The van der Waals surface area contributed by atoms with Gasteiger partial charge < -0.3 is 24.6 Å². The molecule has 0 unspecified atom stereocenters. The number of para-hydroxylation sites is 1. The SMILES string of the molecule is COc1cc(C(=O)N2CCN(C(=O)Nc3cccc(C)c3OCc3ccccc3)CC2)ccc1C. The van der Waals surface area contributed by atoms with Crippen LogP contribution in [0.2, 0.25) is 0 Å². The van der Waals surface area contributed by atoms with E-state index in [1.165, 1.54) is 0 Å². The van der Waals surface area contributed by atoms with Crippen LogP contribution >= 0.6 is 0 Å². The van der Waals surface area contributed by atoms with Gasteiger partial charge in [0.1, 0.15) is 18.1 Å². The van der Waals surface area contributed by atoms with Gasteiger partial charge in [-0.2, -0.15) is 0 Å². The van der Waals surface area contributed by atoms with Crippen LogP contribution < -0.4 is 14.8 Å². The lowest BCUT2D eigenvalue weighted by Gasteiger charge is -2.35. The minimum Gasteiger partial charge on any atom is -0.496 e. The van der Waals surface area contributed by atoms with Crippen molar-refractivity contribution in [3.05, 3.63) is 89.0 Å². The molecule has 0 atom stereocenters. The first-order chi connectivity index (χ1) is 17.0. The van der Waals surface area contributed by atoms with Gasteiger partial charge in [0.05, 0.1) is 12.8 Å². The number of nitrogens with one attached hydrogen (secondary N) is 1. The second-order valence-corrected chi connectivity index (χ2v) is 8.62. The predicted molar refractivity (Wildman–Crippen MR) is 136 cm³/mol. The zero-order chi connectivity index (χ0) is 24.8. The van der Waals surface area contributed by atoms with E-state index in [9.17, 15) is 9.59 Å². The van der Waals surface area contributed by atoms with E-state index in [-0.39, 0.29) is 11.9 Å². The molecule has 1 heterocycles. The smallest absolute Gasteiger partial charge is 0.322 e. The van der Waals surface area contributed by atoms with Crippen LogP contribution in [0.3, 0.4) is 0 Å². The summed E-state index contributed by atoms with van der Waals surface area (Å²) in [5, 5.41) is 3.00. The van der Waals surface area contributed by atoms with E-state index >= 15 is 0 Å². The normalized spacial score (nSPS) is 13.3. The Bertz CT molecular complexity index is 1190. The molecule has 0 aliphatic carbocycles. The summed E-state index contributed by atoms with van der Waals surface area (Å²) in [5.41, 5.74) is 4.21. The van der Waals surface area contributed by atoms with Gasteiger partial charge in [0, 0.05) is 31.7 Å². The van der Waals surface area contributed by atoms with Crippen LogP contribution in [-0.4, -0.2) is 55.0 Å². The first kappa shape index (κ1) is 24.1. The molecule has 1 fully saturated rings. The van der Waals surface area contributed by atoms with E-state index in [1.54, 1.807) is 23.0 Å². The van der Waals surface area contributed by atoms with Gasteiger partial charge in [0.25, 0.3) is 5.91 Å². The van der Waals surface area contributed by atoms with Crippen LogP contribution in [-0.2, 0) is 6.61 Å². The van der Waals surface area contributed by atoms with Crippen molar-refractivity contribution in [2.75, 3.05) is 38.6 Å². The monoisotopic (exact) mass is 473 g/mol. The van der Waals surface area contributed by atoms with Crippen molar-refractivity contribution >= 4 is 17.6 Å². The Morgan fingerprint density at radius 3 is 2.29 bits per heavy atom. The van der Waals surface area contributed by atoms with Crippen LogP contribution in [0, 0.1) is 13.8 Å². The van der Waals surface area contributed by atoms with Crippen molar-refractivity contribution in [3.8, 4) is 11.5 Å². The number of piperazine rings is 1. The zero-order valence-electron chi connectivity index (χ0n) is 20.4. The van der Waals surface area contributed by atoms with Crippen molar-refractivity contribution in [3.63, 3.8) is 0 Å². The van der Waals surface area contributed by atoms with Crippen LogP contribution in [0.4, 0.5) is 10.5 Å². The standard InChI is InChI=1S/C28H31N3O4/c1-20-12-13-23(18-25(20)34-3)27(32)30-14-16-31(17-15-30)28(33)29-24-11-7-8-21(2)26(24)35-19-22-9-5-4-6-10-22/h4-13,18H,14-17,19H2,1-3H3,(H,29,33). The summed E-state index contributed by atoms with van der Waals surface area (Å²) in [6.45, 7) is 6.15. The number of carbonyl (C=O) groups is 2. The minimum atomic E-state index is -0.204. The molecule has 4 rings (SSSR count). The van der Waals surface area contributed by atoms with E-state index < -0.39 is 0 Å². The molecule has 1 aliphatic heterocycles. The first-order valence-electron chi connectivity index (χ1n) is 11.7. The van der Waals surface area contributed by atoms with Gasteiger partial charge in [-0.15, -0.1) is 0 Å². The molecule has 0 radical (unpaired) electrons. The van der Waals surface area contributed by atoms with E-state index in [0.29, 0.717) is 55.5 Å². The Kier molecular flexibility index (Phi) is 7.55. The molecule has 1 N–H and O–H groups in total. The van der Waals surface area contributed by atoms with Crippen molar-refractivity contribution < 1.29 is 19.1 Å². The van der Waals surface area contributed by atoms with Gasteiger partial charge in [-0.1, -0.05) is 48.5 Å². The van der Waals surface area contributed by atoms with Crippen LogP contribution in [0.5, 0.6) is 11.5 Å². The number of anilines is 1. The van der Waals surface area contributed by atoms with E-state index in [1.807, 2.05) is 74.5 Å². The fourth-order valence-corrected chi connectivity index (χ4v) is 4.11. The van der Waals surface area contributed by atoms with Gasteiger partial charge in [-0.05, 0) is 48.7 Å². The lowest BCUT2D eigenvalue weighted by Crippen LogP contribution is -2.51. The zero-order valence-corrected chi connectivity index (χ0v) is 20.4. The molecule has 1 aliphatic rings. The predicted octanol–water partition coefficient (Wildman–Crippen LogP) is 4.88. The number of aryl methyl sites for hydroxylation is 2. The second kappa shape index (κ2) is 11.0. The number of rotatable bonds is 6. The average molecular weight is 474 g/mol. The molecule has 182 valence electrons. The molecule has 35 heavy (non-hydrogen) atoms. The quantitative estimate of drug-likeness (QED) is 0.554. The maximum atomic E-state index is 13.0. The Labute approximate surface area is 206 Å². The Hall–Kier alpha value is -4.00. The van der Waals surface area contributed by atoms with Crippen molar-refractivity contribution in [1.29, 1.82) is 0 Å². The fourth-order valence-electron chi connectivity index (χ4n) is 4.11. The fraction of sp³-hybridized carbons (Fsp3) is 0.286. The number of carbonyl (C=O) groups excluding carboxylic acids is 2. The number of benzene rings is 3. The molecular formula is C28H31N3O4. The highest BCUT2D eigenvalue weighted by molar-refractivity contribution is 5.95. The van der Waals surface area contributed by atoms with Gasteiger partial charge in [0.15, 0.2) is 0 Å². The molecule has 3 aromatic carbocycles. The third-order valence-electron chi connectivity index (χ3n) is 6.19. The summed E-state index contributed by atoms with van der Waals surface area (Å²) < 4.78 is 11.4. The lowest BCUT2D eigenvalue weighted by atomic mass is 10.1. The number of hydrogen-bond donors (Lipinski definition) is 1. The van der Waals surface area contributed by atoms with Crippen LogP contribution in [0.15, 0.2) is 66.7 Å². The maximum absolute atomic E-state index is 13.0. The highest BCUT2D eigenvalue weighted by atomic mass is 16.5. The molecule has 3 aromatic rings. The van der Waals surface area contributed by atoms with Crippen molar-refractivity contribution in [2.24, 2.45) is 0 Å². The van der Waals surface area contributed by atoms with Gasteiger partial charge in [0.2, 0.25) is 0 Å². The third kappa shape index (κ3) is 5.74. The molecule has 0 bridgehead atoms. The van der Waals surface area contributed by atoms with Gasteiger partial charge in [-0.25, -0.2) is 4.79 Å². The minimum absolute atomic E-state index is 0.0568. The summed E-state index contributed by atoms with van der Waals surface area (Å²) in [5.74, 6) is 1.29. The van der Waals surface area contributed by atoms with E-state index in [2.05, 4.69) is 5.32 Å². The van der Waals surface area contributed by atoms with Gasteiger partial charge in [-0.3, -0.25) is 4.79 Å². The van der Waals surface area contributed by atoms with Gasteiger partial charge >= 0.3 is 6.03 Å². The third-order valence-corrected chi connectivity index (χ3v) is 6.19. The Balaban J connectivity index is 1.36. The largest absolute Gasteiger partial charge is 0.496 e. The number of nitrogens with zero attached hydrogens (tertiary/aromatic N) is 2.